The second-order valence-corrected chi connectivity index (χ2v) is 4.26. The summed E-state index contributed by atoms with van der Waals surface area (Å²) in [6, 6.07) is 5.05. The summed E-state index contributed by atoms with van der Waals surface area (Å²) in [6.45, 7) is 2.15. The zero-order chi connectivity index (χ0) is 14.5. The highest BCUT2D eigenvalue weighted by Crippen LogP contribution is 2.25. The Kier molecular flexibility index (Phi) is 4.14. The topological polar surface area (TPSA) is 90.1 Å². The number of ether oxygens (including phenoxy) is 1. The molecule has 0 atom stereocenters. The lowest BCUT2D eigenvalue weighted by Gasteiger charge is -2.11. The second-order valence-electron chi connectivity index (χ2n) is 4.26. The first-order valence-electron chi connectivity index (χ1n) is 6.10. The molecule has 6 heteroatoms. The van der Waals surface area contributed by atoms with Gasteiger partial charge in [-0.25, -0.2) is 0 Å². The average Bonchev–Trinajstić information content (AvgIpc) is 2.46. The van der Waals surface area contributed by atoms with Crippen LogP contribution in [0.1, 0.15) is 21.7 Å². The first-order valence-corrected chi connectivity index (χ1v) is 6.10. The Balaban J connectivity index is 2.09. The average molecular weight is 272 g/mol. The standard InChI is InChI=1S/C14H16N4O2/c1-9-6-17-10(7-16-9)8-18-14(19)11-4-3-5-12(15)13(11)20-2/h3-7H,8,15H2,1-2H3,(H,18,19). The first-order chi connectivity index (χ1) is 9.61. The molecule has 0 aliphatic heterocycles. The van der Waals surface area contributed by atoms with Crippen LogP contribution in [-0.2, 0) is 6.54 Å². The third-order valence-corrected chi connectivity index (χ3v) is 2.76. The lowest BCUT2D eigenvalue weighted by Crippen LogP contribution is -2.24. The van der Waals surface area contributed by atoms with Gasteiger partial charge in [0.25, 0.3) is 5.91 Å². The van der Waals surface area contributed by atoms with Gasteiger partial charge in [0.1, 0.15) is 0 Å². The zero-order valence-electron chi connectivity index (χ0n) is 11.4. The highest BCUT2D eigenvalue weighted by molar-refractivity contribution is 5.98. The van der Waals surface area contributed by atoms with Crippen LogP contribution in [0.3, 0.4) is 0 Å². The van der Waals surface area contributed by atoms with Crippen LogP contribution in [0, 0.1) is 6.92 Å². The number of hydrogen-bond acceptors (Lipinski definition) is 5. The second kappa shape index (κ2) is 6.01. The summed E-state index contributed by atoms with van der Waals surface area (Å²) in [7, 11) is 1.48. The molecule has 1 amide bonds. The molecule has 0 spiro atoms. The van der Waals surface area contributed by atoms with Crippen molar-refractivity contribution in [2.75, 3.05) is 12.8 Å². The Bertz CT molecular complexity index is 611. The van der Waals surface area contributed by atoms with Gasteiger partial charge in [0, 0.05) is 6.20 Å². The van der Waals surface area contributed by atoms with Crippen molar-refractivity contribution in [2.45, 2.75) is 13.5 Å². The predicted molar refractivity (Wildman–Crippen MR) is 75.3 cm³/mol. The lowest BCUT2D eigenvalue weighted by atomic mass is 10.1. The number of hydrogen-bond donors (Lipinski definition) is 2. The third kappa shape index (κ3) is 3.03. The maximum Gasteiger partial charge on any atom is 0.255 e. The van der Waals surface area contributed by atoms with Crippen LogP contribution in [0.5, 0.6) is 5.75 Å². The van der Waals surface area contributed by atoms with Crippen molar-refractivity contribution in [2.24, 2.45) is 0 Å². The summed E-state index contributed by atoms with van der Waals surface area (Å²) in [5.74, 6) is 0.108. The molecule has 2 rings (SSSR count). The first kappa shape index (κ1) is 13.8. The molecule has 0 radical (unpaired) electrons. The minimum atomic E-state index is -0.267. The van der Waals surface area contributed by atoms with Crippen LogP contribution in [0.4, 0.5) is 5.69 Å². The van der Waals surface area contributed by atoms with Crippen molar-refractivity contribution in [1.29, 1.82) is 0 Å². The Labute approximate surface area is 117 Å². The van der Waals surface area contributed by atoms with Crippen LogP contribution in [0.2, 0.25) is 0 Å². The van der Waals surface area contributed by atoms with Crippen molar-refractivity contribution >= 4 is 11.6 Å². The van der Waals surface area contributed by atoms with Gasteiger partial charge in [-0.2, -0.15) is 0 Å². The van der Waals surface area contributed by atoms with E-state index in [1.54, 1.807) is 30.6 Å². The summed E-state index contributed by atoms with van der Waals surface area (Å²) < 4.78 is 5.15. The number of carbonyl (C=O) groups is 1. The molecule has 2 aromatic rings. The van der Waals surface area contributed by atoms with Gasteiger partial charge in [-0.1, -0.05) is 6.07 Å². The fourth-order valence-corrected chi connectivity index (χ4v) is 1.74. The van der Waals surface area contributed by atoms with E-state index in [-0.39, 0.29) is 5.91 Å². The van der Waals surface area contributed by atoms with Crippen molar-refractivity contribution < 1.29 is 9.53 Å². The van der Waals surface area contributed by atoms with Gasteiger partial charge in [-0.3, -0.25) is 14.8 Å². The lowest BCUT2D eigenvalue weighted by molar-refractivity contribution is 0.0947. The molecular formula is C14H16N4O2. The molecule has 0 fully saturated rings. The minimum absolute atomic E-state index is 0.267. The number of benzene rings is 1. The van der Waals surface area contributed by atoms with Gasteiger partial charge in [0.15, 0.2) is 5.75 Å². The van der Waals surface area contributed by atoms with Gasteiger partial charge < -0.3 is 15.8 Å². The van der Waals surface area contributed by atoms with Crippen LogP contribution < -0.4 is 15.8 Å². The smallest absolute Gasteiger partial charge is 0.255 e. The number of aromatic nitrogens is 2. The number of nitrogens with two attached hydrogens (primary N) is 1. The molecule has 0 aliphatic rings. The molecule has 0 aliphatic carbocycles. The molecule has 0 saturated heterocycles. The maximum atomic E-state index is 12.1. The molecular weight excluding hydrogens is 256 g/mol. The monoisotopic (exact) mass is 272 g/mol. The molecule has 6 nitrogen and oxygen atoms in total. The molecule has 1 aromatic carbocycles. The number of nitrogen functional groups attached to an aromatic ring is 1. The largest absolute Gasteiger partial charge is 0.494 e. The van der Waals surface area contributed by atoms with E-state index in [0.29, 0.717) is 29.2 Å². The van der Waals surface area contributed by atoms with Crippen molar-refractivity contribution in [1.82, 2.24) is 15.3 Å². The number of nitrogens with zero attached hydrogens (tertiary/aromatic N) is 2. The SMILES string of the molecule is COc1c(N)cccc1C(=O)NCc1cnc(C)cn1. The normalized spacial score (nSPS) is 10.1. The quantitative estimate of drug-likeness (QED) is 0.819. The number of anilines is 1. The number of amides is 1. The number of para-hydroxylation sites is 1. The summed E-state index contributed by atoms with van der Waals surface area (Å²) >= 11 is 0. The minimum Gasteiger partial charge on any atom is -0.494 e. The van der Waals surface area contributed by atoms with E-state index < -0.39 is 0 Å². The molecule has 20 heavy (non-hydrogen) atoms. The van der Waals surface area contributed by atoms with Crippen molar-refractivity contribution in [3.05, 3.63) is 47.5 Å². The fourth-order valence-electron chi connectivity index (χ4n) is 1.74. The van der Waals surface area contributed by atoms with E-state index in [1.165, 1.54) is 7.11 Å². The summed E-state index contributed by atoms with van der Waals surface area (Å²) in [6.07, 6.45) is 3.29. The highest BCUT2D eigenvalue weighted by Gasteiger charge is 2.14. The number of rotatable bonds is 4. The van der Waals surface area contributed by atoms with Gasteiger partial charge in [0.2, 0.25) is 0 Å². The van der Waals surface area contributed by atoms with E-state index in [0.717, 1.165) is 5.69 Å². The van der Waals surface area contributed by atoms with Gasteiger partial charge in [-0.15, -0.1) is 0 Å². The molecule has 0 saturated carbocycles. The maximum absolute atomic E-state index is 12.1. The van der Waals surface area contributed by atoms with Crippen molar-refractivity contribution in [3.8, 4) is 5.75 Å². The van der Waals surface area contributed by atoms with Crippen LogP contribution in [0.15, 0.2) is 30.6 Å². The number of nitrogens with one attached hydrogen (secondary N) is 1. The van der Waals surface area contributed by atoms with E-state index in [2.05, 4.69) is 15.3 Å². The predicted octanol–water partition coefficient (Wildman–Crippen LogP) is 1.31. The Morgan fingerprint density at radius 3 is 2.80 bits per heavy atom. The fraction of sp³-hybridized carbons (Fsp3) is 0.214. The number of methoxy groups -OCH3 is 1. The summed E-state index contributed by atoms with van der Waals surface area (Å²) in [5, 5.41) is 2.76. The Morgan fingerprint density at radius 2 is 2.15 bits per heavy atom. The van der Waals surface area contributed by atoms with E-state index in [9.17, 15) is 4.79 Å². The summed E-state index contributed by atoms with van der Waals surface area (Å²) in [4.78, 5) is 20.4. The van der Waals surface area contributed by atoms with Crippen LogP contribution >= 0.6 is 0 Å². The molecule has 0 unspecified atom stereocenters. The molecule has 0 bridgehead atoms. The Hall–Kier alpha value is -2.63. The molecule has 1 heterocycles. The number of carbonyl (C=O) groups excluding carboxylic acids is 1. The van der Waals surface area contributed by atoms with E-state index >= 15 is 0 Å². The number of aryl methyl sites for hydroxylation is 1. The zero-order valence-corrected chi connectivity index (χ0v) is 11.4. The molecule has 3 N–H and O–H groups in total. The van der Waals surface area contributed by atoms with Gasteiger partial charge in [0.05, 0.1) is 42.5 Å². The van der Waals surface area contributed by atoms with Crippen LogP contribution in [-0.4, -0.2) is 23.0 Å². The molecule has 1 aromatic heterocycles. The Morgan fingerprint density at radius 1 is 1.35 bits per heavy atom. The van der Waals surface area contributed by atoms with Gasteiger partial charge >= 0.3 is 0 Å². The van der Waals surface area contributed by atoms with Crippen molar-refractivity contribution in [3.63, 3.8) is 0 Å². The summed E-state index contributed by atoms with van der Waals surface area (Å²) in [5.41, 5.74) is 8.11. The van der Waals surface area contributed by atoms with Crippen LogP contribution in [0.25, 0.3) is 0 Å². The highest BCUT2D eigenvalue weighted by atomic mass is 16.5. The van der Waals surface area contributed by atoms with E-state index in [4.69, 9.17) is 10.5 Å². The van der Waals surface area contributed by atoms with E-state index in [1.807, 2.05) is 6.92 Å². The third-order valence-electron chi connectivity index (χ3n) is 2.76. The van der Waals surface area contributed by atoms with Gasteiger partial charge in [-0.05, 0) is 19.1 Å². The molecule has 104 valence electrons.